The highest BCUT2D eigenvalue weighted by Gasteiger charge is 2.29. The van der Waals surface area contributed by atoms with Crippen LogP contribution in [0, 0.1) is 0 Å². The Labute approximate surface area is 112 Å². The maximum Gasteiger partial charge on any atom is 0.416 e. The van der Waals surface area contributed by atoms with E-state index < -0.39 is 11.7 Å². The first-order valence-corrected chi connectivity index (χ1v) is 5.75. The molecule has 0 aliphatic heterocycles. The number of alkyl halides is 3. The van der Waals surface area contributed by atoms with E-state index >= 15 is 0 Å². The molecule has 1 aromatic carbocycles. The van der Waals surface area contributed by atoms with Gasteiger partial charge in [-0.15, -0.1) is 10.2 Å². The standard InChI is InChI=1S/C12H11F3N4O/c1-19-17-11(16-18-19)7-10(20)6-8-2-4-9(5-3-8)12(13,14)15/h2-5H,6-7H2,1H3. The Hall–Kier alpha value is -2.25. The molecule has 0 atom stereocenters. The second-order valence-electron chi connectivity index (χ2n) is 4.28. The van der Waals surface area contributed by atoms with Gasteiger partial charge in [-0.2, -0.15) is 18.0 Å². The molecule has 2 rings (SSSR count). The van der Waals surface area contributed by atoms with Crippen molar-refractivity contribution in [1.82, 2.24) is 20.2 Å². The second kappa shape index (κ2) is 5.40. The molecule has 0 saturated carbocycles. The zero-order valence-electron chi connectivity index (χ0n) is 10.6. The number of hydrogen-bond acceptors (Lipinski definition) is 4. The summed E-state index contributed by atoms with van der Waals surface area (Å²) in [5.41, 5.74) is -0.212. The fraction of sp³-hybridized carbons (Fsp3) is 0.333. The lowest BCUT2D eigenvalue weighted by molar-refractivity contribution is -0.137. The summed E-state index contributed by atoms with van der Waals surface area (Å²) in [6.07, 6.45) is -4.32. The summed E-state index contributed by atoms with van der Waals surface area (Å²) in [6, 6.07) is 4.52. The molecule has 0 saturated heterocycles. The van der Waals surface area contributed by atoms with E-state index in [2.05, 4.69) is 15.4 Å². The molecule has 0 aliphatic carbocycles. The number of halogens is 3. The summed E-state index contributed by atoms with van der Waals surface area (Å²) in [5.74, 6) is 0.113. The molecule has 0 fully saturated rings. The van der Waals surface area contributed by atoms with Gasteiger partial charge in [-0.3, -0.25) is 4.79 Å². The van der Waals surface area contributed by atoms with E-state index in [1.807, 2.05) is 0 Å². The zero-order chi connectivity index (χ0) is 14.8. The first-order valence-electron chi connectivity index (χ1n) is 5.75. The van der Waals surface area contributed by atoms with Crippen molar-refractivity contribution < 1.29 is 18.0 Å². The Morgan fingerprint density at radius 1 is 1.20 bits per heavy atom. The third-order valence-electron chi connectivity index (χ3n) is 2.59. The van der Waals surface area contributed by atoms with Crippen molar-refractivity contribution in [3.05, 3.63) is 41.2 Å². The normalized spacial score (nSPS) is 11.6. The van der Waals surface area contributed by atoms with Gasteiger partial charge in [0.1, 0.15) is 5.78 Å². The third kappa shape index (κ3) is 3.62. The molecule has 1 aromatic heterocycles. The molecule has 0 aliphatic rings. The number of Topliss-reactive ketones (excluding diaryl/α,β-unsaturated/α-hetero) is 1. The van der Waals surface area contributed by atoms with Crippen LogP contribution in [0.15, 0.2) is 24.3 Å². The molecule has 2 aromatic rings. The molecular weight excluding hydrogens is 273 g/mol. The monoisotopic (exact) mass is 284 g/mol. The number of ketones is 1. The molecular formula is C12H11F3N4O. The third-order valence-corrected chi connectivity index (χ3v) is 2.59. The van der Waals surface area contributed by atoms with Gasteiger partial charge in [0, 0.05) is 6.42 Å². The summed E-state index contributed by atoms with van der Waals surface area (Å²) in [6.45, 7) is 0. The summed E-state index contributed by atoms with van der Waals surface area (Å²) >= 11 is 0. The Bertz CT molecular complexity index is 604. The maximum absolute atomic E-state index is 12.4. The van der Waals surface area contributed by atoms with E-state index in [1.165, 1.54) is 16.9 Å². The molecule has 0 spiro atoms. The molecule has 0 N–H and O–H groups in total. The number of nitrogens with zero attached hydrogens (tertiary/aromatic N) is 4. The van der Waals surface area contributed by atoms with Gasteiger partial charge in [0.05, 0.1) is 19.0 Å². The number of rotatable bonds is 4. The minimum Gasteiger partial charge on any atom is -0.299 e. The van der Waals surface area contributed by atoms with Crippen molar-refractivity contribution in [3.63, 3.8) is 0 Å². The van der Waals surface area contributed by atoms with Gasteiger partial charge in [0.25, 0.3) is 0 Å². The van der Waals surface area contributed by atoms with Crippen LogP contribution >= 0.6 is 0 Å². The number of carbonyl (C=O) groups excluding carboxylic acids is 1. The Morgan fingerprint density at radius 3 is 2.35 bits per heavy atom. The molecule has 8 heteroatoms. The van der Waals surface area contributed by atoms with E-state index in [0.717, 1.165) is 12.1 Å². The van der Waals surface area contributed by atoms with Crippen LogP contribution in [0.1, 0.15) is 17.0 Å². The van der Waals surface area contributed by atoms with Gasteiger partial charge in [-0.1, -0.05) is 12.1 Å². The summed E-state index contributed by atoms with van der Waals surface area (Å²) < 4.78 is 37.1. The highest BCUT2D eigenvalue weighted by molar-refractivity contribution is 5.82. The van der Waals surface area contributed by atoms with Crippen molar-refractivity contribution in [1.29, 1.82) is 0 Å². The molecule has 5 nitrogen and oxygen atoms in total. The lowest BCUT2D eigenvalue weighted by atomic mass is 10.0. The van der Waals surface area contributed by atoms with Crippen molar-refractivity contribution in [2.24, 2.45) is 7.05 Å². The highest BCUT2D eigenvalue weighted by atomic mass is 19.4. The van der Waals surface area contributed by atoms with Crippen molar-refractivity contribution in [2.45, 2.75) is 19.0 Å². The minimum absolute atomic E-state index is 0.00879. The Balaban J connectivity index is 1.98. The van der Waals surface area contributed by atoms with Gasteiger partial charge in [-0.05, 0) is 22.9 Å². The fourth-order valence-electron chi connectivity index (χ4n) is 1.67. The predicted octanol–water partition coefficient (Wildman–Crippen LogP) is 1.58. The van der Waals surface area contributed by atoms with Crippen LogP contribution in [0.25, 0.3) is 0 Å². The van der Waals surface area contributed by atoms with Crippen LogP contribution in [0.4, 0.5) is 13.2 Å². The average Bonchev–Trinajstić information content (AvgIpc) is 2.74. The van der Waals surface area contributed by atoms with Crippen LogP contribution in [0.5, 0.6) is 0 Å². The maximum atomic E-state index is 12.4. The van der Waals surface area contributed by atoms with E-state index in [1.54, 1.807) is 7.05 Å². The molecule has 20 heavy (non-hydrogen) atoms. The highest BCUT2D eigenvalue weighted by Crippen LogP contribution is 2.29. The van der Waals surface area contributed by atoms with E-state index in [-0.39, 0.29) is 18.6 Å². The topological polar surface area (TPSA) is 60.7 Å². The lowest BCUT2D eigenvalue weighted by Gasteiger charge is -2.07. The largest absolute Gasteiger partial charge is 0.416 e. The molecule has 0 bridgehead atoms. The minimum atomic E-state index is -4.37. The van der Waals surface area contributed by atoms with Gasteiger partial charge < -0.3 is 0 Å². The van der Waals surface area contributed by atoms with Crippen molar-refractivity contribution in [3.8, 4) is 0 Å². The van der Waals surface area contributed by atoms with Crippen LogP contribution in [-0.4, -0.2) is 26.0 Å². The molecule has 1 heterocycles. The Kier molecular flexibility index (Phi) is 3.82. The molecule has 0 radical (unpaired) electrons. The van der Waals surface area contributed by atoms with Crippen LogP contribution < -0.4 is 0 Å². The quantitative estimate of drug-likeness (QED) is 0.855. The Morgan fingerprint density at radius 2 is 1.85 bits per heavy atom. The summed E-state index contributed by atoms with van der Waals surface area (Å²) in [4.78, 5) is 13.0. The first-order chi connectivity index (χ1) is 9.34. The zero-order valence-corrected chi connectivity index (χ0v) is 10.6. The van der Waals surface area contributed by atoms with Crippen LogP contribution in [-0.2, 0) is 30.9 Å². The van der Waals surface area contributed by atoms with Crippen LogP contribution in [0.3, 0.4) is 0 Å². The number of aromatic nitrogens is 4. The van der Waals surface area contributed by atoms with Crippen LogP contribution in [0.2, 0.25) is 0 Å². The number of aryl methyl sites for hydroxylation is 1. The SMILES string of the molecule is Cn1nnc(CC(=O)Cc2ccc(C(F)(F)F)cc2)n1. The second-order valence-corrected chi connectivity index (χ2v) is 4.28. The summed E-state index contributed by atoms with van der Waals surface area (Å²) in [5, 5.41) is 11.1. The number of benzene rings is 1. The number of tetrazole rings is 1. The smallest absolute Gasteiger partial charge is 0.299 e. The fourth-order valence-corrected chi connectivity index (χ4v) is 1.67. The lowest BCUT2D eigenvalue weighted by Crippen LogP contribution is -2.09. The van der Waals surface area contributed by atoms with Gasteiger partial charge in [-0.25, -0.2) is 0 Å². The molecule has 0 unspecified atom stereocenters. The van der Waals surface area contributed by atoms with Gasteiger partial charge in [0.15, 0.2) is 5.82 Å². The molecule has 0 amide bonds. The predicted molar refractivity (Wildman–Crippen MR) is 62.7 cm³/mol. The van der Waals surface area contributed by atoms with E-state index in [0.29, 0.717) is 11.4 Å². The van der Waals surface area contributed by atoms with E-state index in [9.17, 15) is 18.0 Å². The first kappa shape index (κ1) is 14.2. The van der Waals surface area contributed by atoms with E-state index in [4.69, 9.17) is 0 Å². The van der Waals surface area contributed by atoms with Gasteiger partial charge in [0.2, 0.25) is 0 Å². The van der Waals surface area contributed by atoms with Crippen molar-refractivity contribution in [2.75, 3.05) is 0 Å². The van der Waals surface area contributed by atoms with Gasteiger partial charge >= 0.3 is 6.18 Å². The number of carbonyl (C=O) groups is 1. The number of hydrogen-bond donors (Lipinski definition) is 0. The summed E-state index contributed by atoms with van der Waals surface area (Å²) in [7, 11) is 1.58. The van der Waals surface area contributed by atoms with Crippen molar-refractivity contribution >= 4 is 5.78 Å². The average molecular weight is 284 g/mol. The molecule has 106 valence electrons.